The van der Waals surface area contributed by atoms with E-state index in [0.717, 1.165) is 15.6 Å². The highest BCUT2D eigenvalue weighted by molar-refractivity contribution is 8.00. The number of thioether (sulfide) groups is 1. The zero-order valence-electron chi connectivity index (χ0n) is 22.4. The van der Waals surface area contributed by atoms with Crippen LogP contribution in [0.15, 0.2) is 58.4 Å². The Hall–Kier alpha value is -3.04. The Morgan fingerprint density at radius 2 is 1.77 bits per heavy atom. The van der Waals surface area contributed by atoms with Crippen molar-refractivity contribution in [2.45, 2.75) is 48.9 Å². The molecule has 1 aromatic heterocycles. The molecule has 1 amide bonds. The molecule has 5 atom stereocenters. The van der Waals surface area contributed by atoms with Gasteiger partial charge in [0.1, 0.15) is 6.54 Å². The minimum absolute atomic E-state index is 0.0327. The molecule has 1 aliphatic heterocycles. The Bertz CT molecular complexity index is 1440. The molecule has 4 unspecified atom stereocenters. The van der Waals surface area contributed by atoms with E-state index in [1.165, 1.54) is 36.2 Å². The van der Waals surface area contributed by atoms with E-state index in [1.54, 1.807) is 35.8 Å². The van der Waals surface area contributed by atoms with Gasteiger partial charge in [-0.05, 0) is 85.9 Å². The summed E-state index contributed by atoms with van der Waals surface area (Å²) in [5.74, 6) is 1.44. The monoisotopic (exact) mass is 563 g/mol. The topological polar surface area (TPSA) is 80.6 Å². The van der Waals surface area contributed by atoms with Gasteiger partial charge in [-0.1, -0.05) is 23.5 Å². The van der Waals surface area contributed by atoms with E-state index in [2.05, 4.69) is 34.5 Å². The van der Waals surface area contributed by atoms with Crippen molar-refractivity contribution in [1.29, 1.82) is 0 Å². The summed E-state index contributed by atoms with van der Waals surface area (Å²) < 4.78 is 6.70. The number of esters is 1. The highest BCUT2D eigenvalue weighted by atomic mass is 32.2. The van der Waals surface area contributed by atoms with Crippen molar-refractivity contribution >= 4 is 46.3 Å². The molecule has 2 aliphatic carbocycles. The van der Waals surface area contributed by atoms with Crippen LogP contribution in [0.25, 0.3) is 0 Å². The Morgan fingerprint density at radius 3 is 2.46 bits per heavy atom. The molecule has 0 saturated heterocycles. The number of rotatable bonds is 7. The third-order valence-electron chi connectivity index (χ3n) is 8.44. The number of anilines is 2. The first kappa shape index (κ1) is 26.2. The van der Waals surface area contributed by atoms with Gasteiger partial charge in [-0.3, -0.25) is 14.2 Å². The van der Waals surface area contributed by atoms with Crippen molar-refractivity contribution in [3.63, 3.8) is 0 Å². The summed E-state index contributed by atoms with van der Waals surface area (Å²) in [6.45, 7) is 2.03. The van der Waals surface area contributed by atoms with Crippen LogP contribution in [0.1, 0.15) is 52.9 Å². The van der Waals surface area contributed by atoms with Crippen LogP contribution in [0.4, 0.5) is 11.4 Å². The number of thiazole rings is 1. The van der Waals surface area contributed by atoms with E-state index in [4.69, 9.17) is 4.74 Å². The van der Waals surface area contributed by atoms with Crippen LogP contribution < -0.4 is 15.1 Å². The summed E-state index contributed by atoms with van der Waals surface area (Å²) in [4.78, 5) is 41.4. The van der Waals surface area contributed by atoms with Gasteiger partial charge in [0.2, 0.25) is 5.91 Å². The highest BCUT2D eigenvalue weighted by Crippen LogP contribution is 2.64. The number of hydrogen-bond acceptors (Lipinski definition) is 7. The molecule has 2 aromatic carbocycles. The number of nitrogens with one attached hydrogen (secondary N) is 1. The van der Waals surface area contributed by atoms with Crippen molar-refractivity contribution in [3.05, 3.63) is 74.2 Å². The second-order valence-electron chi connectivity index (χ2n) is 10.9. The maximum absolute atomic E-state index is 13.3. The molecule has 204 valence electrons. The predicted molar refractivity (Wildman–Crippen MR) is 156 cm³/mol. The lowest BCUT2D eigenvalue weighted by atomic mass is 9.75. The van der Waals surface area contributed by atoms with Crippen molar-refractivity contribution in [3.8, 4) is 0 Å². The van der Waals surface area contributed by atoms with E-state index >= 15 is 0 Å². The fraction of sp³-hybridized carbons (Fsp3) is 0.433. The minimum Gasteiger partial charge on any atom is -0.462 e. The van der Waals surface area contributed by atoms with Gasteiger partial charge in [-0.15, -0.1) is 11.8 Å². The summed E-state index contributed by atoms with van der Waals surface area (Å²) in [5, 5.41) is 4.33. The minimum atomic E-state index is -0.395. The van der Waals surface area contributed by atoms with E-state index in [9.17, 15) is 14.4 Å². The zero-order chi connectivity index (χ0) is 27.3. The second kappa shape index (κ2) is 10.5. The third-order valence-corrected chi connectivity index (χ3v) is 11.3. The predicted octanol–water partition coefficient (Wildman–Crippen LogP) is 5.44. The Kier molecular flexibility index (Phi) is 7.05. The van der Waals surface area contributed by atoms with Crippen molar-refractivity contribution < 1.29 is 14.3 Å². The fourth-order valence-corrected chi connectivity index (χ4v) is 9.84. The second-order valence-corrected chi connectivity index (χ2v) is 13.1. The number of amides is 1. The van der Waals surface area contributed by atoms with Gasteiger partial charge in [0.15, 0.2) is 0 Å². The summed E-state index contributed by atoms with van der Waals surface area (Å²) >= 11 is 3.15. The molecule has 2 heterocycles. The Morgan fingerprint density at radius 1 is 1.05 bits per heavy atom. The van der Waals surface area contributed by atoms with E-state index in [-0.39, 0.29) is 23.2 Å². The molecule has 3 aliphatic rings. The van der Waals surface area contributed by atoms with Gasteiger partial charge >= 0.3 is 10.8 Å². The largest absolute Gasteiger partial charge is 0.462 e. The number of carbonyl (C=O) groups is 2. The molecule has 0 spiro atoms. The smallest absolute Gasteiger partial charge is 0.338 e. The van der Waals surface area contributed by atoms with Crippen molar-refractivity contribution in [2.24, 2.45) is 17.8 Å². The summed E-state index contributed by atoms with van der Waals surface area (Å²) in [6, 6.07) is 15.4. The van der Waals surface area contributed by atoms with Crippen LogP contribution in [0.5, 0.6) is 0 Å². The Labute approximate surface area is 236 Å². The standard InChI is InChI=1S/C30H33N3O4S2/c1-4-37-29(35)18-7-11-21(12-8-18)31-23(34)16-33-28-27(39-30(33)36)24(17-9-13-22(14-10-17)32(2)3)25-19-5-6-20(15-19)26(25)38-28/h7-14,19-20,24-26H,4-6,15-16H2,1-3H3,(H,31,34)/t19?,20?,24-,25?,26?/m0/s1. The number of carbonyl (C=O) groups excluding carboxylic acids is 2. The normalized spacial score (nSPS) is 24.6. The summed E-state index contributed by atoms with van der Waals surface area (Å²) in [6.07, 6.45) is 3.81. The van der Waals surface area contributed by atoms with Gasteiger partial charge in [0.25, 0.3) is 0 Å². The highest BCUT2D eigenvalue weighted by Gasteiger charge is 2.55. The van der Waals surface area contributed by atoms with Gasteiger partial charge in [-0.2, -0.15) is 0 Å². The van der Waals surface area contributed by atoms with Crippen molar-refractivity contribution in [2.75, 3.05) is 30.9 Å². The quantitative estimate of drug-likeness (QED) is 0.386. The summed E-state index contributed by atoms with van der Waals surface area (Å²) in [7, 11) is 4.09. The molecule has 1 N–H and O–H groups in total. The number of nitrogens with zero attached hydrogens (tertiary/aromatic N) is 2. The summed E-state index contributed by atoms with van der Waals surface area (Å²) in [5.41, 5.74) is 3.43. The fourth-order valence-electron chi connectivity index (χ4n) is 6.69. The first-order valence-electron chi connectivity index (χ1n) is 13.6. The molecule has 39 heavy (non-hydrogen) atoms. The van der Waals surface area contributed by atoms with Gasteiger partial charge in [0.05, 0.1) is 17.2 Å². The van der Waals surface area contributed by atoms with Crippen LogP contribution in [0.2, 0.25) is 0 Å². The number of hydrogen-bond donors (Lipinski definition) is 1. The van der Waals surface area contributed by atoms with E-state index in [1.807, 2.05) is 25.9 Å². The lowest BCUT2D eigenvalue weighted by molar-refractivity contribution is -0.116. The van der Waals surface area contributed by atoms with Gasteiger partial charge < -0.3 is 15.0 Å². The maximum atomic E-state index is 13.3. The molecular weight excluding hydrogens is 530 g/mol. The van der Waals surface area contributed by atoms with Gasteiger partial charge in [-0.25, -0.2) is 4.79 Å². The molecule has 2 fully saturated rings. The number of benzene rings is 2. The number of ether oxygens (including phenoxy) is 1. The SMILES string of the molecule is CCOC(=O)c1ccc(NC(=O)Cn2c3c(sc2=O)[C@@H](c2ccc(N(C)C)cc2)C2C4CCC(C4)C2S3)cc1. The van der Waals surface area contributed by atoms with Crippen LogP contribution in [-0.2, 0) is 16.1 Å². The van der Waals surface area contributed by atoms with E-state index in [0.29, 0.717) is 40.9 Å². The van der Waals surface area contributed by atoms with Crippen LogP contribution in [0.3, 0.4) is 0 Å². The number of aromatic nitrogens is 1. The molecule has 0 radical (unpaired) electrons. The lowest BCUT2D eigenvalue weighted by Gasteiger charge is -2.40. The molecule has 7 nitrogen and oxygen atoms in total. The molecule has 2 saturated carbocycles. The van der Waals surface area contributed by atoms with Crippen LogP contribution >= 0.6 is 23.1 Å². The first-order chi connectivity index (χ1) is 18.8. The first-order valence-corrected chi connectivity index (χ1v) is 15.3. The average Bonchev–Trinajstić information content (AvgIpc) is 3.62. The Balaban J connectivity index is 1.27. The van der Waals surface area contributed by atoms with Crippen molar-refractivity contribution in [1.82, 2.24) is 4.57 Å². The molecule has 6 rings (SSSR count). The molecular formula is C30H33N3O4S2. The molecule has 9 heteroatoms. The van der Waals surface area contributed by atoms with Crippen LogP contribution in [0, 0.1) is 17.8 Å². The van der Waals surface area contributed by atoms with Crippen LogP contribution in [-0.4, -0.2) is 42.4 Å². The maximum Gasteiger partial charge on any atom is 0.338 e. The lowest BCUT2D eigenvalue weighted by Crippen LogP contribution is -2.34. The van der Waals surface area contributed by atoms with E-state index < -0.39 is 5.97 Å². The average molecular weight is 564 g/mol. The molecule has 2 bridgehead atoms. The molecule has 3 aromatic rings. The third kappa shape index (κ3) is 4.80. The van der Waals surface area contributed by atoms with Gasteiger partial charge in [0, 0.05) is 41.5 Å². The zero-order valence-corrected chi connectivity index (χ0v) is 24.0. The number of fused-ring (bicyclic) bond motifs is 6.